The number of hydrogen-bond acceptors (Lipinski definition) is 6. The van der Waals surface area contributed by atoms with Crippen molar-refractivity contribution >= 4 is 0 Å². The third-order valence-electron chi connectivity index (χ3n) is 4.40. The van der Waals surface area contributed by atoms with Gasteiger partial charge in [0.2, 0.25) is 0 Å². The van der Waals surface area contributed by atoms with Crippen LogP contribution in [0.4, 0.5) is 0 Å². The molecule has 1 N–H and O–H groups in total. The highest BCUT2D eigenvalue weighted by molar-refractivity contribution is 5.48. The zero-order valence-corrected chi connectivity index (χ0v) is 14.7. The zero-order valence-electron chi connectivity index (χ0n) is 14.7. The van der Waals surface area contributed by atoms with Crippen molar-refractivity contribution < 1.29 is 23.7 Å². The number of hydrogen-bond donors (Lipinski definition) is 1. The number of aliphatic hydroxyl groups excluding tert-OH is 1. The van der Waals surface area contributed by atoms with E-state index in [1.807, 2.05) is 18.2 Å². The Morgan fingerprint density at radius 3 is 2.64 bits per heavy atom. The van der Waals surface area contributed by atoms with Gasteiger partial charge in [-0.1, -0.05) is 0 Å². The highest BCUT2D eigenvalue weighted by Crippen LogP contribution is 2.33. The maximum Gasteiger partial charge on any atom is 0.161 e. The van der Waals surface area contributed by atoms with Crippen molar-refractivity contribution in [3.63, 3.8) is 0 Å². The van der Waals surface area contributed by atoms with Gasteiger partial charge in [0.15, 0.2) is 11.5 Å². The SMILES string of the molecule is COc1cc2c(cc1OC)CN(C[C@H](O)COCc1ccco1)CC2. The molecule has 6 nitrogen and oxygen atoms in total. The number of aliphatic hydroxyl groups is 1. The third-order valence-corrected chi connectivity index (χ3v) is 4.40. The lowest BCUT2D eigenvalue weighted by atomic mass is 9.98. The molecule has 6 heteroatoms. The predicted molar refractivity (Wildman–Crippen MR) is 92.9 cm³/mol. The predicted octanol–water partition coefficient (Wildman–Crippen LogP) is 2.23. The number of ether oxygens (including phenoxy) is 3. The summed E-state index contributed by atoms with van der Waals surface area (Å²) in [7, 11) is 3.30. The Balaban J connectivity index is 1.51. The molecule has 0 fully saturated rings. The van der Waals surface area contributed by atoms with Crippen LogP contribution in [0.1, 0.15) is 16.9 Å². The molecule has 0 amide bonds. The first kappa shape index (κ1) is 17.8. The molecule has 0 radical (unpaired) electrons. The van der Waals surface area contributed by atoms with Gasteiger partial charge in [-0.25, -0.2) is 0 Å². The maximum absolute atomic E-state index is 10.2. The normalized spacial score (nSPS) is 15.6. The summed E-state index contributed by atoms with van der Waals surface area (Å²) >= 11 is 0. The Bertz CT molecular complexity index is 671. The van der Waals surface area contributed by atoms with Gasteiger partial charge in [0.1, 0.15) is 12.4 Å². The van der Waals surface area contributed by atoms with Crippen molar-refractivity contribution in [1.29, 1.82) is 0 Å². The van der Waals surface area contributed by atoms with E-state index in [0.717, 1.165) is 36.8 Å². The van der Waals surface area contributed by atoms with Crippen LogP contribution in [0.25, 0.3) is 0 Å². The summed E-state index contributed by atoms with van der Waals surface area (Å²) in [5.41, 5.74) is 2.49. The van der Waals surface area contributed by atoms with Crippen LogP contribution in [-0.4, -0.2) is 50.0 Å². The van der Waals surface area contributed by atoms with Gasteiger partial charge in [-0.3, -0.25) is 4.90 Å². The quantitative estimate of drug-likeness (QED) is 0.790. The highest BCUT2D eigenvalue weighted by atomic mass is 16.5. The van der Waals surface area contributed by atoms with Gasteiger partial charge in [-0.15, -0.1) is 0 Å². The van der Waals surface area contributed by atoms with Crippen LogP contribution in [0.3, 0.4) is 0 Å². The van der Waals surface area contributed by atoms with Crippen LogP contribution in [0.5, 0.6) is 11.5 Å². The van der Waals surface area contributed by atoms with E-state index < -0.39 is 6.10 Å². The number of β-amino-alcohol motifs (C(OH)–C–C–N with tert-alkyl or cyclic N) is 1. The van der Waals surface area contributed by atoms with E-state index in [9.17, 15) is 5.11 Å². The van der Waals surface area contributed by atoms with E-state index in [1.54, 1.807) is 20.5 Å². The third kappa shape index (κ3) is 4.54. The Morgan fingerprint density at radius 2 is 1.96 bits per heavy atom. The Hall–Kier alpha value is -2.02. The molecule has 0 unspecified atom stereocenters. The molecule has 1 aliphatic heterocycles. The summed E-state index contributed by atoms with van der Waals surface area (Å²) in [5, 5.41) is 10.2. The monoisotopic (exact) mass is 347 g/mol. The van der Waals surface area contributed by atoms with E-state index >= 15 is 0 Å². The van der Waals surface area contributed by atoms with Crippen molar-refractivity contribution in [3.8, 4) is 11.5 Å². The van der Waals surface area contributed by atoms with E-state index in [4.69, 9.17) is 18.6 Å². The summed E-state index contributed by atoms with van der Waals surface area (Å²) in [6, 6.07) is 7.76. The molecule has 25 heavy (non-hydrogen) atoms. The minimum absolute atomic E-state index is 0.288. The van der Waals surface area contributed by atoms with Gasteiger partial charge in [-0.2, -0.15) is 0 Å². The smallest absolute Gasteiger partial charge is 0.161 e. The topological polar surface area (TPSA) is 64.3 Å². The molecule has 3 rings (SSSR count). The molecule has 1 atom stereocenters. The molecule has 0 saturated carbocycles. The molecule has 1 aromatic carbocycles. The number of benzene rings is 1. The van der Waals surface area contributed by atoms with Gasteiger partial charge in [0, 0.05) is 19.6 Å². The number of rotatable bonds is 8. The molecule has 136 valence electrons. The molecule has 1 aromatic heterocycles. The minimum Gasteiger partial charge on any atom is -0.493 e. The molecule has 0 aliphatic carbocycles. The lowest BCUT2D eigenvalue weighted by molar-refractivity contribution is 0.00310. The first-order valence-corrected chi connectivity index (χ1v) is 8.44. The number of fused-ring (bicyclic) bond motifs is 1. The van der Waals surface area contributed by atoms with E-state index in [0.29, 0.717) is 13.2 Å². The van der Waals surface area contributed by atoms with Gasteiger partial charge >= 0.3 is 0 Å². The van der Waals surface area contributed by atoms with Crippen molar-refractivity contribution in [1.82, 2.24) is 4.90 Å². The van der Waals surface area contributed by atoms with Gasteiger partial charge in [0.25, 0.3) is 0 Å². The van der Waals surface area contributed by atoms with Crippen molar-refractivity contribution in [2.45, 2.75) is 25.7 Å². The van der Waals surface area contributed by atoms with Crippen LogP contribution in [0.15, 0.2) is 34.9 Å². The number of methoxy groups -OCH3 is 2. The lowest BCUT2D eigenvalue weighted by Crippen LogP contribution is -2.38. The summed E-state index contributed by atoms with van der Waals surface area (Å²) in [5.74, 6) is 2.27. The van der Waals surface area contributed by atoms with Gasteiger partial charge in [-0.05, 0) is 41.8 Å². The molecular formula is C19H25NO5. The van der Waals surface area contributed by atoms with E-state index in [1.165, 1.54) is 11.1 Å². The molecule has 2 heterocycles. The minimum atomic E-state index is -0.531. The van der Waals surface area contributed by atoms with Gasteiger partial charge in [0.05, 0.1) is 33.2 Å². The second kappa shape index (κ2) is 8.38. The average molecular weight is 347 g/mol. The van der Waals surface area contributed by atoms with E-state index in [2.05, 4.69) is 11.0 Å². The standard InChI is InChI=1S/C19H25NO5/c1-22-18-8-14-5-6-20(10-15(14)9-19(18)23-2)11-16(21)12-24-13-17-4-3-7-25-17/h3-4,7-9,16,21H,5-6,10-13H2,1-2H3/t16-/m0/s1. The highest BCUT2D eigenvalue weighted by Gasteiger charge is 2.21. The van der Waals surface area contributed by atoms with E-state index in [-0.39, 0.29) is 6.61 Å². The van der Waals surface area contributed by atoms with Crippen LogP contribution in [0, 0.1) is 0 Å². The Labute approximate surface area is 147 Å². The average Bonchev–Trinajstić information content (AvgIpc) is 3.13. The van der Waals surface area contributed by atoms with Crippen LogP contribution >= 0.6 is 0 Å². The second-order valence-electron chi connectivity index (χ2n) is 6.21. The van der Waals surface area contributed by atoms with Crippen LogP contribution in [-0.2, 0) is 24.3 Å². The fourth-order valence-corrected chi connectivity index (χ4v) is 3.14. The van der Waals surface area contributed by atoms with Gasteiger partial charge < -0.3 is 23.7 Å². The maximum atomic E-state index is 10.2. The Morgan fingerprint density at radius 1 is 1.20 bits per heavy atom. The first-order chi connectivity index (χ1) is 12.2. The van der Waals surface area contributed by atoms with Crippen LogP contribution < -0.4 is 9.47 Å². The molecule has 0 saturated heterocycles. The summed E-state index contributed by atoms with van der Waals surface area (Å²) in [6.45, 7) is 2.93. The molecular weight excluding hydrogens is 322 g/mol. The van der Waals surface area contributed by atoms with Crippen molar-refractivity contribution in [2.24, 2.45) is 0 Å². The number of furan rings is 1. The Kier molecular flexibility index (Phi) is 5.96. The van der Waals surface area contributed by atoms with Crippen molar-refractivity contribution in [2.75, 3.05) is 33.9 Å². The van der Waals surface area contributed by atoms with Crippen LogP contribution in [0.2, 0.25) is 0 Å². The van der Waals surface area contributed by atoms with Crippen molar-refractivity contribution in [3.05, 3.63) is 47.4 Å². The number of nitrogens with zero attached hydrogens (tertiary/aromatic N) is 1. The fraction of sp³-hybridized carbons (Fsp3) is 0.474. The molecule has 0 spiro atoms. The first-order valence-electron chi connectivity index (χ1n) is 8.44. The lowest BCUT2D eigenvalue weighted by Gasteiger charge is -2.30. The summed E-state index contributed by atoms with van der Waals surface area (Å²) in [4.78, 5) is 2.23. The fourth-order valence-electron chi connectivity index (χ4n) is 3.14. The summed E-state index contributed by atoms with van der Waals surface area (Å²) < 4.78 is 21.5. The summed E-state index contributed by atoms with van der Waals surface area (Å²) in [6.07, 6.45) is 2.01. The molecule has 0 bridgehead atoms. The second-order valence-corrected chi connectivity index (χ2v) is 6.21. The molecule has 2 aromatic rings. The molecule has 1 aliphatic rings. The largest absolute Gasteiger partial charge is 0.493 e. The zero-order chi connectivity index (χ0) is 17.6.